The molecule has 2 heteroatoms. The monoisotopic (exact) mass is 282 g/mol. The maximum absolute atomic E-state index is 12.8. The van der Waals surface area contributed by atoms with Gasteiger partial charge in [-0.1, -0.05) is 61.9 Å². The Labute approximate surface area is 126 Å². The largest absolute Gasteiger partial charge is 0.366 e. The highest BCUT2D eigenvalue weighted by Crippen LogP contribution is 2.23. The molecule has 0 aliphatic heterocycles. The Morgan fingerprint density at radius 3 is 2.48 bits per heavy atom. The van der Waals surface area contributed by atoms with Gasteiger partial charge in [0, 0.05) is 12.2 Å². The zero-order chi connectivity index (χ0) is 15.1. The summed E-state index contributed by atoms with van der Waals surface area (Å²) in [4.78, 5) is 12.8. The predicted octanol–water partition coefficient (Wildman–Crippen LogP) is 4.60. The van der Waals surface area contributed by atoms with Crippen molar-refractivity contribution in [3.8, 4) is 0 Å². The van der Waals surface area contributed by atoms with Crippen molar-refractivity contribution >= 4 is 5.78 Å². The zero-order valence-corrected chi connectivity index (χ0v) is 12.7. The van der Waals surface area contributed by atoms with E-state index < -0.39 is 6.10 Å². The first-order valence-electron chi connectivity index (χ1n) is 7.56. The van der Waals surface area contributed by atoms with Gasteiger partial charge in [-0.3, -0.25) is 4.79 Å². The van der Waals surface area contributed by atoms with Gasteiger partial charge in [-0.15, -0.1) is 0 Å². The van der Waals surface area contributed by atoms with Gasteiger partial charge in [0.05, 0.1) is 0 Å². The fourth-order valence-electron chi connectivity index (χ4n) is 2.44. The second-order valence-corrected chi connectivity index (χ2v) is 5.06. The topological polar surface area (TPSA) is 26.3 Å². The molecule has 0 aliphatic rings. The van der Waals surface area contributed by atoms with E-state index in [-0.39, 0.29) is 5.78 Å². The number of ether oxygens (including phenoxy) is 1. The number of Topliss-reactive ketones (excluding diaryl/α,β-unsaturated/α-hetero) is 1. The van der Waals surface area contributed by atoms with E-state index in [1.54, 1.807) is 0 Å². The number of hydrogen-bond acceptors (Lipinski definition) is 2. The van der Waals surface area contributed by atoms with Gasteiger partial charge in [0.2, 0.25) is 0 Å². The summed E-state index contributed by atoms with van der Waals surface area (Å²) in [6.45, 7) is 4.57. The van der Waals surface area contributed by atoms with E-state index in [9.17, 15) is 4.79 Å². The molecule has 0 saturated heterocycles. The van der Waals surface area contributed by atoms with Crippen LogP contribution >= 0.6 is 0 Å². The van der Waals surface area contributed by atoms with Crippen LogP contribution in [0, 0.1) is 0 Å². The predicted molar refractivity (Wildman–Crippen MR) is 85.6 cm³/mol. The number of carbonyl (C=O) groups is 1. The molecule has 2 aromatic carbocycles. The van der Waals surface area contributed by atoms with E-state index in [2.05, 4.69) is 13.0 Å². The summed E-state index contributed by atoms with van der Waals surface area (Å²) in [5.74, 6) is 0.0287. The minimum absolute atomic E-state index is 0.0287. The van der Waals surface area contributed by atoms with Gasteiger partial charge in [0.15, 0.2) is 5.78 Å². The Bertz CT molecular complexity index is 575. The summed E-state index contributed by atoms with van der Waals surface area (Å²) in [6, 6.07) is 17.6. The molecule has 0 fully saturated rings. The molecule has 2 rings (SSSR count). The Morgan fingerprint density at radius 2 is 1.81 bits per heavy atom. The smallest absolute Gasteiger partial charge is 0.196 e. The third-order valence-electron chi connectivity index (χ3n) is 3.42. The molecule has 1 atom stereocenters. The summed E-state index contributed by atoms with van der Waals surface area (Å²) < 4.78 is 5.69. The first-order chi connectivity index (χ1) is 10.3. The second kappa shape index (κ2) is 7.75. The lowest BCUT2D eigenvalue weighted by Gasteiger charge is -2.16. The summed E-state index contributed by atoms with van der Waals surface area (Å²) in [7, 11) is 0. The van der Waals surface area contributed by atoms with E-state index in [4.69, 9.17) is 4.74 Å². The second-order valence-electron chi connectivity index (χ2n) is 5.06. The van der Waals surface area contributed by atoms with Crippen LogP contribution in [0.2, 0.25) is 0 Å². The van der Waals surface area contributed by atoms with Crippen LogP contribution < -0.4 is 0 Å². The lowest BCUT2D eigenvalue weighted by molar-refractivity contribution is 0.0452. The number of rotatable bonds is 7. The normalized spacial score (nSPS) is 12.1. The van der Waals surface area contributed by atoms with Crippen LogP contribution in [0.3, 0.4) is 0 Å². The maximum atomic E-state index is 12.8. The van der Waals surface area contributed by atoms with Gasteiger partial charge in [-0.2, -0.15) is 0 Å². The third-order valence-corrected chi connectivity index (χ3v) is 3.42. The Hall–Kier alpha value is -1.93. The number of carbonyl (C=O) groups excluding carboxylic acids is 1. The highest BCUT2D eigenvalue weighted by Gasteiger charge is 2.22. The molecular weight excluding hydrogens is 260 g/mol. The fraction of sp³-hybridized carbons (Fsp3) is 0.316. The number of aryl methyl sites for hydroxylation is 1. The average Bonchev–Trinajstić information content (AvgIpc) is 2.53. The average molecular weight is 282 g/mol. The van der Waals surface area contributed by atoms with E-state index in [1.807, 2.05) is 55.5 Å². The molecule has 0 amide bonds. The first kappa shape index (κ1) is 15.5. The van der Waals surface area contributed by atoms with E-state index in [0.717, 1.165) is 24.0 Å². The molecule has 0 spiro atoms. The molecule has 1 unspecified atom stereocenters. The summed E-state index contributed by atoms with van der Waals surface area (Å²) in [6.07, 6.45) is 1.55. The number of ketones is 1. The van der Waals surface area contributed by atoms with Gasteiger partial charge in [0.1, 0.15) is 6.10 Å². The van der Waals surface area contributed by atoms with E-state index in [1.165, 1.54) is 5.56 Å². The van der Waals surface area contributed by atoms with Crippen LogP contribution in [0.5, 0.6) is 0 Å². The van der Waals surface area contributed by atoms with Crippen LogP contribution in [-0.2, 0) is 11.2 Å². The van der Waals surface area contributed by atoms with Crippen molar-refractivity contribution in [2.75, 3.05) is 6.61 Å². The molecule has 0 radical (unpaired) electrons. The Balaban J connectivity index is 2.28. The third kappa shape index (κ3) is 4.02. The molecule has 2 nitrogen and oxygen atoms in total. The molecule has 0 bridgehead atoms. The van der Waals surface area contributed by atoms with Crippen LogP contribution in [-0.4, -0.2) is 12.4 Å². The summed E-state index contributed by atoms with van der Waals surface area (Å²) >= 11 is 0. The maximum Gasteiger partial charge on any atom is 0.196 e. The fourth-order valence-corrected chi connectivity index (χ4v) is 2.44. The molecule has 21 heavy (non-hydrogen) atoms. The van der Waals surface area contributed by atoms with Gasteiger partial charge >= 0.3 is 0 Å². The van der Waals surface area contributed by atoms with Crippen LogP contribution in [0.15, 0.2) is 54.6 Å². The quantitative estimate of drug-likeness (QED) is 0.694. The Morgan fingerprint density at radius 1 is 1.05 bits per heavy atom. The van der Waals surface area contributed by atoms with Crippen molar-refractivity contribution in [3.63, 3.8) is 0 Å². The van der Waals surface area contributed by atoms with Crippen molar-refractivity contribution < 1.29 is 9.53 Å². The number of benzene rings is 2. The minimum Gasteiger partial charge on any atom is -0.366 e. The van der Waals surface area contributed by atoms with Crippen molar-refractivity contribution in [1.29, 1.82) is 0 Å². The van der Waals surface area contributed by atoms with Gasteiger partial charge in [-0.25, -0.2) is 0 Å². The standard InChI is InChI=1S/C19H22O2/c1-3-9-15-10-8-13-17(14-15)18(20)19(21-4-2)16-11-6-5-7-12-16/h5-8,10-14,19H,3-4,9H2,1-2H3. The van der Waals surface area contributed by atoms with E-state index in [0.29, 0.717) is 6.61 Å². The molecular formula is C19H22O2. The molecule has 0 heterocycles. The molecule has 0 aliphatic carbocycles. The lowest BCUT2D eigenvalue weighted by Crippen LogP contribution is -2.16. The summed E-state index contributed by atoms with van der Waals surface area (Å²) in [5.41, 5.74) is 2.83. The molecule has 0 aromatic heterocycles. The zero-order valence-electron chi connectivity index (χ0n) is 12.7. The van der Waals surface area contributed by atoms with Gasteiger partial charge < -0.3 is 4.74 Å². The van der Waals surface area contributed by atoms with Crippen molar-refractivity contribution in [1.82, 2.24) is 0 Å². The van der Waals surface area contributed by atoms with Crippen molar-refractivity contribution in [2.24, 2.45) is 0 Å². The van der Waals surface area contributed by atoms with Crippen LogP contribution in [0.25, 0.3) is 0 Å². The SMILES string of the molecule is CCCc1cccc(C(=O)C(OCC)c2ccccc2)c1. The van der Waals surface area contributed by atoms with Crippen LogP contribution in [0.1, 0.15) is 47.9 Å². The Kier molecular flexibility index (Phi) is 5.70. The highest BCUT2D eigenvalue weighted by molar-refractivity contribution is 6.00. The molecule has 0 N–H and O–H groups in total. The van der Waals surface area contributed by atoms with E-state index >= 15 is 0 Å². The highest BCUT2D eigenvalue weighted by atomic mass is 16.5. The molecule has 110 valence electrons. The lowest BCUT2D eigenvalue weighted by atomic mass is 9.97. The first-order valence-corrected chi connectivity index (χ1v) is 7.56. The van der Waals surface area contributed by atoms with Gasteiger partial charge in [0.25, 0.3) is 0 Å². The van der Waals surface area contributed by atoms with Crippen molar-refractivity contribution in [3.05, 3.63) is 71.3 Å². The minimum atomic E-state index is -0.520. The molecule has 2 aromatic rings. The van der Waals surface area contributed by atoms with Crippen LogP contribution in [0.4, 0.5) is 0 Å². The summed E-state index contributed by atoms with van der Waals surface area (Å²) in [5, 5.41) is 0. The molecule has 0 saturated carbocycles. The number of hydrogen-bond donors (Lipinski definition) is 0. The van der Waals surface area contributed by atoms with Crippen molar-refractivity contribution in [2.45, 2.75) is 32.8 Å². The van der Waals surface area contributed by atoms with Gasteiger partial charge in [-0.05, 0) is 30.5 Å².